The molecule has 21 heavy (non-hydrogen) atoms. The lowest BCUT2D eigenvalue weighted by Crippen LogP contribution is -2.46. The number of hydrogen-bond donors (Lipinski definition) is 3. The van der Waals surface area contributed by atoms with Crippen LogP contribution in [0.1, 0.15) is 40.0 Å². The lowest BCUT2D eigenvalue weighted by molar-refractivity contribution is -0.138. The predicted molar refractivity (Wildman–Crippen MR) is 73.4 cm³/mol. The zero-order valence-electron chi connectivity index (χ0n) is 12.4. The minimum Gasteiger partial charge on any atom is -0.481 e. The zero-order chi connectivity index (χ0) is 16.2. The van der Waals surface area contributed by atoms with Crippen LogP contribution in [0, 0.1) is 0 Å². The molecule has 2 atom stereocenters. The summed E-state index contributed by atoms with van der Waals surface area (Å²) in [7, 11) is 0. The summed E-state index contributed by atoms with van der Waals surface area (Å²) in [6, 6.07) is -1.13. The quantitative estimate of drug-likeness (QED) is 0.576. The first kappa shape index (κ1) is 16.9. The Morgan fingerprint density at radius 3 is 2.43 bits per heavy atom. The van der Waals surface area contributed by atoms with Crippen LogP contribution in [0.5, 0.6) is 0 Å². The third kappa shape index (κ3) is 3.93. The summed E-state index contributed by atoms with van der Waals surface area (Å²) in [5, 5.41) is 13.8. The molecule has 1 fully saturated rings. The van der Waals surface area contributed by atoms with Crippen LogP contribution >= 0.6 is 0 Å². The molecule has 118 valence electrons. The van der Waals surface area contributed by atoms with Crippen molar-refractivity contribution in [2.45, 2.75) is 51.6 Å². The van der Waals surface area contributed by atoms with E-state index in [4.69, 9.17) is 5.11 Å². The molecule has 1 rings (SSSR count). The number of carboxylic acid groups (broad SMARTS) is 1. The highest BCUT2D eigenvalue weighted by atomic mass is 16.4. The normalized spacial score (nSPS) is 22.9. The molecule has 4 amide bonds. The second-order valence-corrected chi connectivity index (χ2v) is 5.28. The zero-order valence-corrected chi connectivity index (χ0v) is 12.4. The first-order valence-corrected chi connectivity index (χ1v) is 6.88. The van der Waals surface area contributed by atoms with E-state index in [9.17, 15) is 19.2 Å². The average Bonchev–Trinajstić information content (AvgIpc) is 2.61. The van der Waals surface area contributed by atoms with Gasteiger partial charge in [0, 0.05) is 6.04 Å². The van der Waals surface area contributed by atoms with E-state index in [2.05, 4.69) is 10.6 Å². The first-order valence-electron chi connectivity index (χ1n) is 6.88. The number of imide groups is 1. The van der Waals surface area contributed by atoms with E-state index in [1.165, 1.54) is 0 Å². The van der Waals surface area contributed by atoms with Gasteiger partial charge in [-0.3, -0.25) is 19.3 Å². The molecule has 0 spiro atoms. The van der Waals surface area contributed by atoms with Gasteiger partial charge in [-0.15, -0.1) is 0 Å². The van der Waals surface area contributed by atoms with Gasteiger partial charge in [0.2, 0.25) is 5.91 Å². The Morgan fingerprint density at radius 2 is 2.00 bits per heavy atom. The molecule has 0 saturated carbocycles. The number of rotatable bonds is 7. The molecule has 1 heterocycles. The van der Waals surface area contributed by atoms with Gasteiger partial charge >= 0.3 is 12.0 Å². The maximum Gasteiger partial charge on any atom is 0.325 e. The molecule has 8 nitrogen and oxygen atoms in total. The second-order valence-electron chi connectivity index (χ2n) is 5.28. The molecule has 1 aliphatic heterocycles. The van der Waals surface area contributed by atoms with Crippen LogP contribution in [0.4, 0.5) is 4.79 Å². The van der Waals surface area contributed by atoms with Crippen LogP contribution in [0.3, 0.4) is 0 Å². The maximum absolute atomic E-state index is 12.1. The fourth-order valence-electron chi connectivity index (χ4n) is 2.06. The molecule has 0 radical (unpaired) electrons. The number of amides is 4. The minimum atomic E-state index is -1.02. The van der Waals surface area contributed by atoms with Gasteiger partial charge in [0.25, 0.3) is 5.91 Å². The smallest absolute Gasteiger partial charge is 0.325 e. The molecule has 0 aliphatic carbocycles. The van der Waals surface area contributed by atoms with Gasteiger partial charge < -0.3 is 15.7 Å². The van der Waals surface area contributed by atoms with Crippen molar-refractivity contribution in [2.75, 3.05) is 6.54 Å². The summed E-state index contributed by atoms with van der Waals surface area (Å²) < 4.78 is 0. The third-order valence-corrected chi connectivity index (χ3v) is 3.63. The molecule has 0 aromatic carbocycles. The summed E-state index contributed by atoms with van der Waals surface area (Å²) in [4.78, 5) is 47.2. The molecule has 1 saturated heterocycles. The Kier molecular flexibility index (Phi) is 5.28. The van der Waals surface area contributed by atoms with Crippen molar-refractivity contribution in [3.8, 4) is 0 Å². The van der Waals surface area contributed by atoms with Crippen molar-refractivity contribution in [3.63, 3.8) is 0 Å². The van der Waals surface area contributed by atoms with Gasteiger partial charge in [0.15, 0.2) is 0 Å². The van der Waals surface area contributed by atoms with Crippen LogP contribution < -0.4 is 10.6 Å². The number of urea groups is 1. The molecule has 3 N–H and O–H groups in total. The molecular weight excluding hydrogens is 278 g/mol. The Labute approximate surface area is 122 Å². The average molecular weight is 299 g/mol. The molecule has 0 bridgehead atoms. The van der Waals surface area contributed by atoms with Crippen molar-refractivity contribution < 1.29 is 24.3 Å². The van der Waals surface area contributed by atoms with Crippen LogP contribution in [-0.4, -0.2) is 51.9 Å². The Hall–Kier alpha value is -2.12. The Morgan fingerprint density at radius 1 is 1.38 bits per heavy atom. The standard InChI is InChI=1S/C13H21N3O5/c1-4-8(6-10(18)19)14-9(17)7-16-11(20)13(3,5-2)15-12(16)21/h8H,4-7H2,1-3H3,(H,14,17)(H,15,21)(H,18,19). The summed E-state index contributed by atoms with van der Waals surface area (Å²) in [5.41, 5.74) is -0.984. The molecule has 2 unspecified atom stereocenters. The van der Waals surface area contributed by atoms with Gasteiger partial charge in [-0.05, 0) is 19.8 Å². The van der Waals surface area contributed by atoms with E-state index >= 15 is 0 Å². The summed E-state index contributed by atoms with van der Waals surface area (Å²) in [5.74, 6) is -2.01. The lowest BCUT2D eigenvalue weighted by Gasteiger charge is -2.20. The monoisotopic (exact) mass is 299 g/mol. The number of aliphatic carboxylic acids is 1. The van der Waals surface area contributed by atoms with Crippen molar-refractivity contribution in [2.24, 2.45) is 0 Å². The van der Waals surface area contributed by atoms with E-state index in [1.54, 1.807) is 20.8 Å². The summed E-state index contributed by atoms with van der Waals surface area (Å²) in [6.07, 6.45) is 0.673. The number of carbonyl (C=O) groups is 4. The van der Waals surface area contributed by atoms with E-state index in [1.807, 2.05) is 0 Å². The van der Waals surface area contributed by atoms with Crippen molar-refractivity contribution >= 4 is 23.8 Å². The van der Waals surface area contributed by atoms with Crippen molar-refractivity contribution in [1.82, 2.24) is 15.5 Å². The van der Waals surface area contributed by atoms with Crippen molar-refractivity contribution in [1.29, 1.82) is 0 Å². The number of carboxylic acids is 1. The van der Waals surface area contributed by atoms with Gasteiger partial charge in [-0.25, -0.2) is 4.79 Å². The highest BCUT2D eigenvalue weighted by molar-refractivity contribution is 6.08. The number of hydrogen-bond acceptors (Lipinski definition) is 4. The van der Waals surface area contributed by atoms with Crippen LogP contribution in [0.15, 0.2) is 0 Å². The van der Waals surface area contributed by atoms with E-state index in [0.717, 1.165) is 4.90 Å². The van der Waals surface area contributed by atoms with Gasteiger partial charge in [0.1, 0.15) is 12.1 Å². The second kappa shape index (κ2) is 6.55. The summed E-state index contributed by atoms with van der Waals surface area (Å²) in [6.45, 7) is 4.71. The van der Waals surface area contributed by atoms with Crippen LogP contribution in [0.25, 0.3) is 0 Å². The Bertz CT molecular complexity index is 465. The Balaban J connectivity index is 2.64. The van der Waals surface area contributed by atoms with E-state index < -0.39 is 41.9 Å². The van der Waals surface area contributed by atoms with Gasteiger partial charge in [-0.1, -0.05) is 13.8 Å². The molecule has 0 aromatic heterocycles. The summed E-state index contributed by atoms with van der Waals surface area (Å²) >= 11 is 0. The maximum atomic E-state index is 12.1. The topological polar surface area (TPSA) is 116 Å². The molecule has 1 aliphatic rings. The molecule has 0 aromatic rings. The van der Waals surface area contributed by atoms with Crippen LogP contribution in [0.2, 0.25) is 0 Å². The largest absolute Gasteiger partial charge is 0.481 e. The fourth-order valence-corrected chi connectivity index (χ4v) is 2.06. The lowest BCUT2D eigenvalue weighted by atomic mass is 9.99. The van der Waals surface area contributed by atoms with E-state index in [-0.39, 0.29) is 6.42 Å². The minimum absolute atomic E-state index is 0.199. The first-order chi connectivity index (χ1) is 9.73. The van der Waals surface area contributed by atoms with Crippen molar-refractivity contribution in [3.05, 3.63) is 0 Å². The highest BCUT2D eigenvalue weighted by Crippen LogP contribution is 2.20. The molecular formula is C13H21N3O5. The number of nitrogens with zero attached hydrogens (tertiary/aromatic N) is 1. The molecule has 8 heteroatoms. The van der Waals surface area contributed by atoms with Gasteiger partial charge in [0.05, 0.1) is 6.42 Å². The fraction of sp³-hybridized carbons (Fsp3) is 0.692. The third-order valence-electron chi connectivity index (χ3n) is 3.63. The predicted octanol–water partition coefficient (Wildman–Crippen LogP) is 0.0764. The van der Waals surface area contributed by atoms with E-state index in [0.29, 0.717) is 12.8 Å². The van der Waals surface area contributed by atoms with Gasteiger partial charge in [-0.2, -0.15) is 0 Å². The number of nitrogens with one attached hydrogen (secondary N) is 2. The SMILES string of the molecule is CCC(CC(=O)O)NC(=O)CN1C(=O)NC(C)(CC)C1=O. The highest BCUT2D eigenvalue weighted by Gasteiger charge is 2.47. The van der Waals surface area contributed by atoms with Crippen LogP contribution in [-0.2, 0) is 14.4 Å². The number of carbonyl (C=O) groups excluding carboxylic acids is 3.